The molecule has 1 aliphatic rings. The number of likely N-dealkylation sites (N-methyl/N-ethyl adjacent to an activating group) is 2. The SMILES string of the molecule is CNCCNc1c2c(c(NCCNC)c3c(CN(C)C)c[nH]c13)C(=O)c1ccccc1C2=O. The van der Waals surface area contributed by atoms with Crippen LogP contribution in [0.3, 0.4) is 0 Å². The third-order valence-corrected chi connectivity index (χ3v) is 5.92. The molecule has 33 heavy (non-hydrogen) atoms. The highest BCUT2D eigenvalue weighted by Crippen LogP contribution is 2.44. The molecule has 174 valence electrons. The van der Waals surface area contributed by atoms with Crippen molar-refractivity contribution in [2.24, 2.45) is 0 Å². The van der Waals surface area contributed by atoms with Crippen molar-refractivity contribution >= 4 is 33.8 Å². The molecule has 0 unspecified atom stereocenters. The molecule has 0 saturated carbocycles. The zero-order valence-corrected chi connectivity index (χ0v) is 19.7. The summed E-state index contributed by atoms with van der Waals surface area (Å²) in [5, 5.41) is 14.1. The molecule has 8 heteroatoms. The van der Waals surface area contributed by atoms with Crippen molar-refractivity contribution in [1.29, 1.82) is 0 Å². The lowest BCUT2D eigenvalue weighted by molar-refractivity contribution is 0.0980. The molecule has 1 aromatic heterocycles. The van der Waals surface area contributed by atoms with Crippen LogP contribution in [-0.4, -0.2) is 75.8 Å². The highest BCUT2D eigenvalue weighted by molar-refractivity contribution is 6.35. The van der Waals surface area contributed by atoms with Crippen LogP contribution in [0.25, 0.3) is 10.9 Å². The Balaban J connectivity index is 2.03. The fourth-order valence-electron chi connectivity index (χ4n) is 4.49. The molecule has 3 aromatic rings. The minimum Gasteiger partial charge on any atom is -0.383 e. The van der Waals surface area contributed by atoms with Gasteiger partial charge in [0.1, 0.15) is 0 Å². The summed E-state index contributed by atoms with van der Waals surface area (Å²) in [6.07, 6.45) is 1.98. The molecule has 0 amide bonds. The Morgan fingerprint density at radius 1 is 0.818 bits per heavy atom. The lowest BCUT2D eigenvalue weighted by atomic mass is 9.81. The van der Waals surface area contributed by atoms with Crippen LogP contribution in [0.2, 0.25) is 0 Å². The molecule has 0 atom stereocenters. The van der Waals surface area contributed by atoms with Crippen LogP contribution in [0, 0.1) is 0 Å². The number of carbonyl (C=O) groups is 2. The van der Waals surface area contributed by atoms with Crippen LogP contribution in [-0.2, 0) is 6.54 Å². The summed E-state index contributed by atoms with van der Waals surface area (Å²) in [5.74, 6) is -0.253. The number of H-pyrrole nitrogens is 1. The number of hydrogen-bond acceptors (Lipinski definition) is 7. The summed E-state index contributed by atoms with van der Waals surface area (Å²) in [6, 6.07) is 7.09. The van der Waals surface area contributed by atoms with E-state index in [0.29, 0.717) is 47.6 Å². The van der Waals surface area contributed by atoms with E-state index in [0.717, 1.165) is 35.2 Å². The van der Waals surface area contributed by atoms with Crippen LogP contribution in [0.5, 0.6) is 0 Å². The molecule has 8 nitrogen and oxygen atoms in total. The second-order valence-corrected chi connectivity index (χ2v) is 8.57. The number of anilines is 2. The molecule has 4 rings (SSSR count). The fourth-order valence-corrected chi connectivity index (χ4v) is 4.49. The number of carbonyl (C=O) groups excluding carboxylic acids is 2. The van der Waals surface area contributed by atoms with Gasteiger partial charge < -0.3 is 31.2 Å². The first-order valence-electron chi connectivity index (χ1n) is 11.3. The summed E-state index contributed by atoms with van der Waals surface area (Å²) >= 11 is 0. The van der Waals surface area contributed by atoms with Gasteiger partial charge in [-0.1, -0.05) is 24.3 Å². The van der Waals surface area contributed by atoms with E-state index in [9.17, 15) is 9.59 Å². The number of aromatic amines is 1. The molecule has 5 N–H and O–H groups in total. The number of nitrogens with one attached hydrogen (secondary N) is 5. The number of ketones is 2. The number of fused-ring (bicyclic) bond motifs is 3. The molecule has 0 fully saturated rings. The molecular formula is C25H32N6O2. The van der Waals surface area contributed by atoms with Gasteiger partial charge in [0.2, 0.25) is 0 Å². The van der Waals surface area contributed by atoms with Crippen molar-refractivity contribution in [2.45, 2.75) is 6.54 Å². The predicted octanol–water partition coefficient (Wildman–Crippen LogP) is 2.27. The first-order chi connectivity index (χ1) is 16.0. The van der Waals surface area contributed by atoms with Crippen LogP contribution in [0.15, 0.2) is 30.5 Å². The molecule has 0 radical (unpaired) electrons. The van der Waals surface area contributed by atoms with E-state index in [4.69, 9.17) is 0 Å². The Bertz CT molecular complexity index is 1200. The first kappa shape index (κ1) is 23.0. The third kappa shape index (κ3) is 4.13. The summed E-state index contributed by atoms with van der Waals surface area (Å²) < 4.78 is 0. The highest BCUT2D eigenvalue weighted by atomic mass is 16.1. The van der Waals surface area contributed by atoms with Gasteiger partial charge >= 0.3 is 0 Å². The van der Waals surface area contributed by atoms with Gasteiger partial charge in [-0.25, -0.2) is 0 Å². The van der Waals surface area contributed by atoms with E-state index in [1.165, 1.54) is 0 Å². The first-order valence-corrected chi connectivity index (χ1v) is 11.3. The van der Waals surface area contributed by atoms with Gasteiger partial charge in [0, 0.05) is 55.4 Å². The van der Waals surface area contributed by atoms with Gasteiger partial charge in [0.15, 0.2) is 11.6 Å². The Hall–Kier alpha value is -3.20. The highest BCUT2D eigenvalue weighted by Gasteiger charge is 2.36. The van der Waals surface area contributed by atoms with Crippen LogP contribution in [0.1, 0.15) is 37.4 Å². The van der Waals surface area contributed by atoms with Crippen molar-refractivity contribution in [3.63, 3.8) is 0 Å². The topological polar surface area (TPSA) is 101 Å². The van der Waals surface area contributed by atoms with Crippen LogP contribution >= 0.6 is 0 Å². The van der Waals surface area contributed by atoms with Crippen molar-refractivity contribution in [3.8, 4) is 0 Å². The Morgan fingerprint density at radius 3 is 1.91 bits per heavy atom. The van der Waals surface area contributed by atoms with Crippen molar-refractivity contribution < 1.29 is 9.59 Å². The maximum Gasteiger partial charge on any atom is 0.196 e. The van der Waals surface area contributed by atoms with E-state index < -0.39 is 0 Å². The standard InChI is InChI=1S/C25H32N6O2/c1-26-9-11-28-21-18-15(14-31(3)4)13-30-22(18)23(29-12-10-27-2)20-19(21)24(32)16-7-5-6-8-17(16)25(20)33/h5-8,13,26-30H,9-12,14H2,1-4H3. The van der Waals surface area contributed by atoms with Gasteiger partial charge in [0.25, 0.3) is 0 Å². The monoisotopic (exact) mass is 448 g/mol. The maximum absolute atomic E-state index is 13.8. The van der Waals surface area contributed by atoms with Crippen molar-refractivity contribution in [1.82, 2.24) is 20.5 Å². The van der Waals surface area contributed by atoms with E-state index in [2.05, 4.69) is 31.2 Å². The normalized spacial score (nSPS) is 12.9. The second kappa shape index (κ2) is 9.74. The smallest absolute Gasteiger partial charge is 0.196 e. The van der Waals surface area contributed by atoms with E-state index in [1.807, 2.05) is 40.5 Å². The Kier molecular flexibility index (Phi) is 6.78. The predicted molar refractivity (Wildman–Crippen MR) is 134 cm³/mol. The summed E-state index contributed by atoms with van der Waals surface area (Å²) in [4.78, 5) is 33.1. The second-order valence-electron chi connectivity index (χ2n) is 8.57. The lowest BCUT2D eigenvalue weighted by Crippen LogP contribution is -2.27. The van der Waals surface area contributed by atoms with Gasteiger partial charge in [0.05, 0.1) is 28.0 Å². The number of benzene rings is 2. The van der Waals surface area contributed by atoms with E-state index in [-0.39, 0.29) is 11.6 Å². The zero-order chi connectivity index (χ0) is 23.5. The fraction of sp³-hybridized carbons (Fsp3) is 0.360. The Labute approximate surface area is 194 Å². The molecule has 0 bridgehead atoms. The molecule has 0 aliphatic heterocycles. The van der Waals surface area contributed by atoms with Crippen LogP contribution < -0.4 is 21.3 Å². The third-order valence-electron chi connectivity index (χ3n) is 5.92. The molecule has 2 aromatic carbocycles. The molecule has 1 aliphatic carbocycles. The number of nitrogens with zero attached hydrogens (tertiary/aromatic N) is 1. The van der Waals surface area contributed by atoms with Crippen molar-refractivity contribution in [3.05, 3.63) is 58.3 Å². The molecule has 0 saturated heterocycles. The van der Waals surface area contributed by atoms with Crippen molar-refractivity contribution in [2.75, 3.05) is 65.0 Å². The van der Waals surface area contributed by atoms with Gasteiger partial charge in [-0.2, -0.15) is 0 Å². The molecular weight excluding hydrogens is 416 g/mol. The molecule has 0 spiro atoms. The quantitative estimate of drug-likeness (QED) is 0.187. The largest absolute Gasteiger partial charge is 0.383 e. The van der Waals surface area contributed by atoms with Crippen LogP contribution in [0.4, 0.5) is 11.4 Å². The van der Waals surface area contributed by atoms with Gasteiger partial charge in [-0.15, -0.1) is 0 Å². The summed E-state index contributed by atoms with van der Waals surface area (Å²) in [5.41, 5.74) is 5.12. The Morgan fingerprint density at radius 2 is 1.36 bits per heavy atom. The number of aromatic nitrogens is 1. The van der Waals surface area contributed by atoms with E-state index >= 15 is 0 Å². The maximum atomic E-state index is 13.8. The van der Waals surface area contributed by atoms with Gasteiger partial charge in [-0.3, -0.25) is 9.59 Å². The minimum atomic E-state index is -0.130. The summed E-state index contributed by atoms with van der Waals surface area (Å²) in [7, 11) is 7.81. The average Bonchev–Trinajstić information content (AvgIpc) is 3.21. The number of hydrogen-bond donors (Lipinski definition) is 5. The van der Waals surface area contributed by atoms with E-state index in [1.54, 1.807) is 18.2 Å². The van der Waals surface area contributed by atoms with Gasteiger partial charge in [-0.05, 0) is 33.8 Å². The average molecular weight is 449 g/mol. The zero-order valence-electron chi connectivity index (χ0n) is 19.7. The molecule has 1 heterocycles. The lowest BCUT2D eigenvalue weighted by Gasteiger charge is -2.26. The number of rotatable bonds is 10. The minimum absolute atomic E-state index is 0.122. The summed E-state index contributed by atoms with van der Waals surface area (Å²) in [6.45, 7) is 3.40.